The highest BCUT2D eigenvalue weighted by molar-refractivity contribution is 6.07. The number of aromatic nitrogens is 3. The lowest BCUT2D eigenvalue weighted by atomic mass is 9.94. The number of nitrogen functional groups attached to an aromatic ring is 1. The summed E-state index contributed by atoms with van der Waals surface area (Å²) in [4.78, 5) is 45.5. The van der Waals surface area contributed by atoms with Crippen LogP contribution in [0.5, 0.6) is 0 Å². The van der Waals surface area contributed by atoms with Gasteiger partial charge >= 0.3 is 11.9 Å². The van der Waals surface area contributed by atoms with Gasteiger partial charge in [-0.2, -0.15) is 0 Å². The summed E-state index contributed by atoms with van der Waals surface area (Å²) < 4.78 is 0. The van der Waals surface area contributed by atoms with Crippen molar-refractivity contribution < 1.29 is 19.8 Å². The highest BCUT2D eigenvalue weighted by Gasteiger charge is 2.26. The normalized spacial score (nSPS) is 10.5. The highest BCUT2D eigenvalue weighted by Crippen LogP contribution is 2.31. The quantitative estimate of drug-likeness (QED) is 0.549. The molecule has 0 saturated carbocycles. The number of nitrogens with zero attached hydrogens (tertiary/aromatic N) is 2. The van der Waals surface area contributed by atoms with Gasteiger partial charge in [-0.1, -0.05) is 18.2 Å². The Balaban J connectivity index is 2.35. The molecule has 9 heteroatoms. The number of anilines is 1. The van der Waals surface area contributed by atoms with E-state index in [1.54, 1.807) is 18.2 Å². The first-order valence-electron chi connectivity index (χ1n) is 7.30. The summed E-state index contributed by atoms with van der Waals surface area (Å²) in [6.45, 7) is 0. The molecule has 0 fully saturated rings. The Morgan fingerprint density at radius 2 is 1.58 bits per heavy atom. The first-order chi connectivity index (χ1) is 12.4. The van der Waals surface area contributed by atoms with Gasteiger partial charge in [0.15, 0.2) is 5.82 Å². The number of aromatic carboxylic acids is 2. The summed E-state index contributed by atoms with van der Waals surface area (Å²) in [6.07, 6.45) is 3.07. The lowest BCUT2D eigenvalue weighted by Crippen LogP contribution is -2.24. The Hall–Kier alpha value is -4.01. The van der Waals surface area contributed by atoms with E-state index in [4.69, 9.17) is 5.73 Å². The molecule has 130 valence electrons. The summed E-state index contributed by atoms with van der Waals surface area (Å²) >= 11 is 0. The Labute approximate surface area is 145 Å². The Morgan fingerprint density at radius 3 is 2.19 bits per heavy atom. The molecule has 2 heterocycles. The van der Waals surface area contributed by atoms with Crippen LogP contribution in [-0.4, -0.2) is 37.1 Å². The van der Waals surface area contributed by atoms with Crippen molar-refractivity contribution in [1.29, 1.82) is 0 Å². The molecule has 0 aliphatic carbocycles. The van der Waals surface area contributed by atoms with Crippen LogP contribution in [0.4, 0.5) is 5.82 Å². The largest absolute Gasteiger partial charge is 0.478 e. The lowest BCUT2D eigenvalue weighted by molar-refractivity contribution is 0.0695. The molecule has 0 aliphatic rings. The zero-order valence-electron chi connectivity index (χ0n) is 13.1. The molecule has 0 radical (unpaired) electrons. The van der Waals surface area contributed by atoms with Gasteiger partial charge in [0, 0.05) is 23.5 Å². The average molecular weight is 352 g/mol. The summed E-state index contributed by atoms with van der Waals surface area (Å²) in [6, 6.07) is 7.88. The first kappa shape index (κ1) is 16.8. The van der Waals surface area contributed by atoms with Crippen molar-refractivity contribution in [3.05, 3.63) is 64.2 Å². The van der Waals surface area contributed by atoms with Crippen molar-refractivity contribution in [2.75, 3.05) is 5.73 Å². The van der Waals surface area contributed by atoms with Crippen LogP contribution in [0.1, 0.15) is 20.7 Å². The van der Waals surface area contributed by atoms with Crippen molar-refractivity contribution in [2.45, 2.75) is 0 Å². The van der Waals surface area contributed by atoms with Crippen LogP contribution in [0.2, 0.25) is 0 Å². The predicted octanol–water partition coefficient (Wildman–Crippen LogP) is 1.48. The number of benzene rings is 1. The second-order valence-corrected chi connectivity index (χ2v) is 5.26. The van der Waals surface area contributed by atoms with Crippen LogP contribution in [0.25, 0.3) is 22.5 Å². The number of nitrogens with one attached hydrogen (secondary N) is 1. The molecule has 3 aromatic rings. The van der Waals surface area contributed by atoms with Crippen molar-refractivity contribution >= 4 is 17.8 Å². The van der Waals surface area contributed by atoms with Crippen molar-refractivity contribution in [3.63, 3.8) is 0 Å². The van der Waals surface area contributed by atoms with Gasteiger partial charge in [0.05, 0.1) is 0 Å². The summed E-state index contributed by atoms with van der Waals surface area (Å²) in [5.74, 6) is -3.09. The van der Waals surface area contributed by atoms with Crippen LogP contribution in [0, 0.1) is 0 Å². The maximum Gasteiger partial charge on any atom is 0.342 e. The van der Waals surface area contributed by atoms with Crippen LogP contribution >= 0.6 is 0 Å². The van der Waals surface area contributed by atoms with E-state index in [1.807, 2.05) is 0 Å². The van der Waals surface area contributed by atoms with E-state index in [1.165, 1.54) is 24.5 Å². The molecule has 0 atom stereocenters. The molecule has 0 aliphatic heterocycles. The SMILES string of the molecule is Nc1[nH]c(=O)c(C(=O)O)c(-c2cccc(-c3ncccn3)c2)c1C(=O)O. The lowest BCUT2D eigenvalue weighted by Gasteiger charge is -2.12. The minimum atomic E-state index is -1.56. The van der Waals surface area contributed by atoms with E-state index in [9.17, 15) is 24.6 Å². The van der Waals surface area contributed by atoms with Gasteiger partial charge < -0.3 is 20.9 Å². The molecule has 0 spiro atoms. The molecule has 0 bridgehead atoms. The van der Waals surface area contributed by atoms with Gasteiger partial charge in [0.1, 0.15) is 16.9 Å². The minimum absolute atomic E-state index is 0.197. The van der Waals surface area contributed by atoms with Crippen molar-refractivity contribution in [2.24, 2.45) is 0 Å². The molecule has 5 N–H and O–H groups in total. The fraction of sp³-hybridized carbons (Fsp3) is 0. The van der Waals surface area contributed by atoms with E-state index in [2.05, 4.69) is 15.0 Å². The predicted molar refractivity (Wildman–Crippen MR) is 91.9 cm³/mol. The maximum atomic E-state index is 12.1. The minimum Gasteiger partial charge on any atom is -0.478 e. The zero-order chi connectivity index (χ0) is 18.8. The third-order valence-corrected chi connectivity index (χ3v) is 3.65. The smallest absolute Gasteiger partial charge is 0.342 e. The van der Waals surface area contributed by atoms with Crippen molar-refractivity contribution in [3.8, 4) is 22.5 Å². The highest BCUT2D eigenvalue weighted by atomic mass is 16.4. The van der Waals surface area contributed by atoms with E-state index >= 15 is 0 Å². The molecule has 0 unspecified atom stereocenters. The Kier molecular flexibility index (Phi) is 4.19. The number of carbonyl (C=O) groups is 2. The molecule has 26 heavy (non-hydrogen) atoms. The number of H-pyrrole nitrogens is 1. The van der Waals surface area contributed by atoms with Gasteiger partial charge in [-0.25, -0.2) is 19.6 Å². The third-order valence-electron chi connectivity index (χ3n) is 3.65. The van der Waals surface area contributed by atoms with Gasteiger partial charge in [-0.15, -0.1) is 0 Å². The zero-order valence-corrected chi connectivity index (χ0v) is 13.1. The molecule has 2 aromatic heterocycles. The molecular formula is C17H12N4O5. The second kappa shape index (κ2) is 6.48. The molecule has 0 amide bonds. The fourth-order valence-corrected chi connectivity index (χ4v) is 2.60. The Morgan fingerprint density at radius 1 is 0.962 bits per heavy atom. The van der Waals surface area contributed by atoms with Crippen molar-refractivity contribution in [1.82, 2.24) is 15.0 Å². The number of rotatable bonds is 4. The van der Waals surface area contributed by atoms with Crippen LogP contribution in [-0.2, 0) is 0 Å². The number of aromatic amines is 1. The number of carboxylic acids is 2. The van der Waals surface area contributed by atoms with E-state index in [-0.39, 0.29) is 11.1 Å². The molecule has 9 nitrogen and oxygen atoms in total. The number of hydrogen-bond donors (Lipinski definition) is 4. The summed E-state index contributed by atoms with van der Waals surface area (Å²) in [5.41, 5.74) is 3.88. The monoisotopic (exact) mass is 352 g/mol. The number of nitrogens with two attached hydrogens (primary N) is 1. The number of carboxylic acid groups (broad SMARTS) is 2. The standard InChI is InChI=1S/C17H12N4O5/c18-13-11(16(23)24)10(12(17(25)26)15(22)21-13)8-3-1-4-9(7-8)14-19-5-2-6-20-14/h1-7H,(H,23,24)(H,25,26)(H3,18,21,22). The van der Waals surface area contributed by atoms with Crippen LogP contribution in [0.3, 0.4) is 0 Å². The topological polar surface area (TPSA) is 159 Å². The number of hydrogen-bond acceptors (Lipinski definition) is 6. The Bertz CT molecular complexity index is 1080. The number of pyridine rings is 1. The van der Waals surface area contributed by atoms with Gasteiger partial charge in [-0.3, -0.25) is 4.79 Å². The van der Waals surface area contributed by atoms with E-state index in [0.717, 1.165) is 0 Å². The third kappa shape index (κ3) is 2.88. The second-order valence-electron chi connectivity index (χ2n) is 5.26. The molecule has 1 aromatic carbocycles. The van der Waals surface area contributed by atoms with Gasteiger partial charge in [0.2, 0.25) is 0 Å². The van der Waals surface area contributed by atoms with Gasteiger partial charge in [0.25, 0.3) is 5.56 Å². The van der Waals surface area contributed by atoms with Crippen LogP contribution < -0.4 is 11.3 Å². The molecule has 3 rings (SSSR count). The fourth-order valence-electron chi connectivity index (χ4n) is 2.60. The molecule has 0 saturated heterocycles. The van der Waals surface area contributed by atoms with Gasteiger partial charge in [-0.05, 0) is 17.7 Å². The molecular weight excluding hydrogens is 340 g/mol. The average Bonchev–Trinajstić information content (AvgIpc) is 2.61. The van der Waals surface area contributed by atoms with Crippen LogP contribution in [0.15, 0.2) is 47.5 Å². The maximum absolute atomic E-state index is 12.1. The van der Waals surface area contributed by atoms with E-state index in [0.29, 0.717) is 11.4 Å². The van der Waals surface area contributed by atoms with E-state index < -0.39 is 34.4 Å². The summed E-state index contributed by atoms with van der Waals surface area (Å²) in [5, 5.41) is 18.9. The summed E-state index contributed by atoms with van der Waals surface area (Å²) in [7, 11) is 0. The first-order valence-corrected chi connectivity index (χ1v) is 7.30.